The molecule has 5 heteroatoms. The van der Waals surface area contributed by atoms with E-state index >= 15 is 0 Å². The van der Waals surface area contributed by atoms with Crippen LogP contribution in [0.15, 0.2) is 27.8 Å². The highest BCUT2D eigenvalue weighted by Crippen LogP contribution is 2.25. The fourth-order valence-electron chi connectivity index (χ4n) is 1.09. The number of nitrogens with one attached hydrogen (secondary N) is 1. The van der Waals surface area contributed by atoms with Crippen LogP contribution in [0.1, 0.15) is 0 Å². The van der Waals surface area contributed by atoms with E-state index in [1.54, 1.807) is 18.2 Å². The van der Waals surface area contributed by atoms with Crippen molar-refractivity contribution in [3.8, 4) is 0 Å². The van der Waals surface area contributed by atoms with Gasteiger partial charge in [0.25, 0.3) is 0 Å². The fourth-order valence-corrected chi connectivity index (χ4v) is 1.50. The third kappa shape index (κ3) is 1.39. The molecule has 0 fully saturated rings. The average molecular weight is 238 g/mol. The maximum Gasteiger partial charge on any atom is 0.240 e. The van der Waals surface area contributed by atoms with Crippen LogP contribution in [-0.2, 0) is 4.79 Å². The first kappa shape index (κ1) is 8.16. The predicted molar refractivity (Wildman–Crippen MR) is 51.6 cm³/mol. The Morgan fingerprint density at radius 1 is 1.54 bits per heavy atom. The summed E-state index contributed by atoms with van der Waals surface area (Å²) >= 11 is 3.29. The number of aliphatic imine (C=N–C) groups is 1. The molecule has 64 valence electrons. The van der Waals surface area contributed by atoms with Crippen LogP contribution in [0.5, 0.6) is 0 Å². The third-order valence-corrected chi connectivity index (χ3v) is 2.27. The van der Waals surface area contributed by atoms with E-state index in [2.05, 4.69) is 31.1 Å². The molecule has 2 aromatic rings. The topological polar surface area (TPSA) is 58.1 Å². The van der Waals surface area contributed by atoms with Gasteiger partial charge in [0.1, 0.15) is 4.60 Å². The summed E-state index contributed by atoms with van der Waals surface area (Å²) in [4.78, 5) is 13.5. The van der Waals surface area contributed by atoms with Crippen molar-refractivity contribution in [2.75, 3.05) is 0 Å². The van der Waals surface area contributed by atoms with Gasteiger partial charge in [-0.1, -0.05) is 0 Å². The molecule has 1 heterocycles. The van der Waals surface area contributed by atoms with Crippen LogP contribution in [0.25, 0.3) is 10.9 Å². The van der Waals surface area contributed by atoms with E-state index < -0.39 is 0 Å². The monoisotopic (exact) mass is 237 g/mol. The summed E-state index contributed by atoms with van der Waals surface area (Å²) in [6.45, 7) is 0. The molecular formula is C8H4BrN3O. The number of halogens is 1. The van der Waals surface area contributed by atoms with Gasteiger partial charge in [0.2, 0.25) is 6.08 Å². The van der Waals surface area contributed by atoms with Gasteiger partial charge in [0, 0.05) is 5.39 Å². The second kappa shape index (κ2) is 3.12. The van der Waals surface area contributed by atoms with Gasteiger partial charge in [-0.2, -0.15) is 10.1 Å². The van der Waals surface area contributed by atoms with Crippen LogP contribution < -0.4 is 0 Å². The van der Waals surface area contributed by atoms with Crippen molar-refractivity contribution in [3.05, 3.63) is 22.8 Å². The van der Waals surface area contributed by atoms with E-state index in [4.69, 9.17) is 0 Å². The second-order valence-corrected chi connectivity index (χ2v) is 3.24. The summed E-state index contributed by atoms with van der Waals surface area (Å²) in [5.41, 5.74) is 1.40. The van der Waals surface area contributed by atoms with Crippen molar-refractivity contribution < 1.29 is 4.79 Å². The molecule has 1 aromatic heterocycles. The number of nitrogens with zero attached hydrogens (tertiary/aromatic N) is 2. The fraction of sp³-hybridized carbons (Fsp3) is 0. The van der Waals surface area contributed by atoms with Crippen LogP contribution in [0.4, 0.5) is 5.69 Å². The molecule has 0 aliphatic heterocycles. The quantitative estimate of drug-likeness (QED) is 0.612. The van der Waals surface area contributed by atoms with E-state index in [9.17, 15) is 4.79 Å². The van der Waals surface area contributed by atoms with E-state index in [0.717, 1.165) is 15.5 Å². The molecule has 2 rings (SSSR count). The Labute approximate surface area is 81.8 Å². The highest BCUT2D eigenvalue weighted by molar-refractivity contribution is 9.10. The molecule has 0 unspecified atom stereocenters. The zero-order valence-electron chi connectivity index (χ0n) is 6.41. The first-order chi connectivity index (χ1) is 6.31. The van der Waals surface area contributed by atoms with Gasteiger partial charge < -0.3 is 0 Å². The number of carbonyl (C=O) groups excluding carboxylic acids is 1. The summed E-state index contributed by atoms with van der Waals surface area (Å²) in [5, 5.41) is 7.68. The normalized spacial score (nSPS) is 9.92. The third-order valence-electron chi connectivity index (χ3n) is 1.67. The van der Waals surface area contributed by atoms with Crippen molar-refractivity contribution in [1.82, 2.24) is 10.2 Å². The van der Waals surface area contributed by atoms with Gasteiger partial charge in [-0.3, -0.25) is 5.10 Å². The molecule has 1 N–H and O–H groups in total. The molecule has 0 radical (unpaired) electrons. The molecule has 0 amide bonds. The number of benzene rings is 1. The summed E-state index contributed by atoms with van der Waals surface area (Å²) in [6.07, 6.45) is 1.49. The Balaban J connectivity index is 2.72. The van der Waals surface area contributed by atoms with E-state index in [-0.39, 0.29) is 0 Å². The average Bonchev–Trinajstić information content (AvgIpc) is 2.49. The van der Waals surface area contributed by atoms with E-state index in [0.29, 0.717) is 5.69 Å². The number of aromatic nitrogens is 2. The lowest BCUT2D eigenvalue weighted by Gasteiger charge is -1.90. The zero-order valence-corrected chi connectivity index (χ0v) is 8.00. The van der Waals surface area contributed by atoms with Crippen molar-refractivity contribution in [1.29, 1.82) is 0 Å². The van der Waals surface area contributed by atoms with Gasteiger partial charge in [-0.25, -0.2) is 4.79 Å². The number of H-pyrrole nitrogens is 1. The molecule has 0 bridgehead atoms. The molecule has 0 atom stereocenters. The lowest BCUT2D eigenvalue weighted by molar-refractivity contribution is 0.565. The van der Waals surface area contributed by atoms with Crippen molar-refractivity contribution in [2.45, 2.75) is 0 Å². The van der Waals surface area contributed by atoms with Gasteiger partial charge in [0.15, 0.2) is 0 Å². The van der Waals surface area contributed by atoms with Crippen LogP contribution in [0, 0.1) is 0 Å². The number of hydrogen-bond donors (Lipinski definition) is 1. The molecule has 0 saturated heterocycles. The van der Waals surface area contributed by atoms with Crippen LogP contribution >= 0.6 is 15.9 Å². The van der Waals surface area contributed by atoms with Crippen molar-refractivity contribution >= 4 is 38.6 Å². The molecule has 1 aromatic carbocycles. The standard InChI is InChI=1S/C8H4BrN3O/c9-8-6-3-5(10-4-13)1-2-7(6)11-12-8/h1-3H,(H,11,12). The minimum Gasteiger partial charge on any atom is -0.270 e. The maximum absolute atomic E-state index is 10.0. The predicted octanol–water partition coefficient (Wildman–Crippen LogP) is 2.29. The molecule has 13 heavy (non-hydrogen) atoms. The maximum atomic E-state index is 10.0. The highest BCUT2D eigenvalue weighted by Gasteiger charge is 2.02. The summed E-state index contributed by atoms with van der Waals surface area (Å²) in [7, 11) is 0. The number of fused-ring (bicyclic) bond motifs is 1. The van der Waals surface area contributed by atoms with Crippen LogP contribution in [-0.4, -0.2) is 16.3 Å². The largest absolute Gasteiger partial charge is 0.270 e. The SMILES string of the molecule is O=C=Nc1ccc2n[nH]c(Br)c2c1. The van der Waals surface area contributed by atoms with Gasteiger partial charge in [-0.15, -0.1) is 0 Å². The number of hydrogen-bond acceptors (Lipinski definition) is 3. The lowest BCUT2D eigenvalue weighted by atomic mass is 10.2. The molecule has 0 aliphatic carbocycles. The molecular weight excluding hydrogens is 234 g/mol. The first-order valence-electron chi connectivity index (χ1n) is 3.53. The van der Waals surface area contributed by atoms with Crippen LogP contribution in [0.3, 0.4) is 0 Å². The zero-order chi connectivity index (χ0) is 9.26. The number of aromatic amines is 1. The summed E-state index contributed by atoms with van der Waals surface area (Å²) in [5.74, 6) is 0. The minimum absolute atomic E-state index is 0.574. The van der Waals surface area contributed by atoms with Crippen LogP contribution in [0.2, 0.25) is 0 Å². The van der Waals surface area contributed by atoms with Gasteiger partial charge >= 0.3 is 0 Å². The Morgan fingerprint density at radius 3 is 3.15 bits per heavy atom. The summed E-state index contributed by atoms with van der Waals surface area (Å²) < 4.78 is 0.783. The number of rotatable bonds is 1. The van der Waals surface area contributed by atoms with Gasteiger partial charge in [0.05, 0.1) is 11.2 Å². The second-order valence-electron chi connectivity index (χ2n) is 2.44. The van der Waals surface area contributed by atoms with E-state index in [1.165, 1.54) is 6.08 Å². The van der Waals surface area contributed by atoms with Crippen molar-refractivity contribution in [3.63, 3.8) is 0 Å². The molecule has 0 saturated carbocycles. The summed E-state index contributed by atoms with van der Waals surface area (Å²) in [6, 6.07) is 5.25. The number of isocyanates is 1. The molecule has 0 spiro atoms. The Hall–Kier alpha value is -1.45. The smallest absolute Gasteiger partial charge is 0.240 e. The minimum atomic E-state index is 0.574. The Bertz CT molecular complexity index is 499. The van der Waals surface area contributed by atoms with E-state index in [1.807, 2.05) is 0 Å². The Morgan fingerprint density at radius 2 is 2.38 bits per heavy atom. The van der Waals surface area contributed by atoms with Crippen molar-refractivity contribution in [2.24, 2.45) is 4.99 Å². The Kier molecular flexibility index (Phi) is 1.96. The highest BCUT2D eigenvalue weighted by atomic mass is 79.9. The lowest BCUT2D eigenvalue weighted by Crippen LogP contribution is -1.67. The van der Waals surface area contributed by atoms with Gasteiger partial charge in [-0.05, 0) is 34.1 Å². The molecule has 4 nitrogen and oxygen atoms in total. The first-order valence-corrected chi connectivity index (χ1v) is 4.32. The molecule has 0 aliphatic rings.